The van der Waals surface area contributed by atoms with Gasteiger partial charge in [-0.05, 0) is 34.6 Å². The summed E-state index contributed by atoms with van der Waals surface area (Å²) in [6.07, 6.45) is 1.09. The second kappa shape index (κ2) is 5.18. The Kier molecular flexibility index (Phi) is 3.63. The fourth-order valence-electron chi connectivity index (χ4n) is 2.18. The van der Waals surface area contributed by atoms with Crippen molar-refractivity contribution in [1.29, 1.82) is 0 Å². The molecule has 0 nitrogen and oxygen atoms in total. The molecule has 0 heteroatoms. The van der Waals surface area contributed by atoms with Crippen LogP contribution in [-0.2, 0) is 6.42 Å². The number of rotatable bonds is 3. The maximum absolute atomic E-state index is 2.32. The Morgan fingerprint density at radius 1 is 0.941 bits per heavy atom. The van der Waals surface area contributed by atoms with Crippen molar-refractivity contribution >= 4 is 0 Å². The topological polar surface area (TPSA) is 0 Å². The summed E-state index contributed by atoms with van der Waals surface area (Å²) in [5.74, 6) is 0.587. The van der Waals surface area contributed by atoms with E-state index in [1.807, 2.05) is 0 Å². The summed E-state index contributed by atoms with van der Waals surface area (Å²) in [6.45, 7) is 6.70. The third kappa shape index (κ3) is 2.58. The van der Waals surface area contributed by atoms with Crippen LogP contribution in [0.2, 0.25) is 0 Å². The normalized spacial score (nSPS) is 10.8. The van der Waals surface area contributed by atoms with Crippen LogP contribution in [0.25, 0.3) is 11.1 Å². The zero-order chi connectivity index (χ0) is 12.3. The van der Waals surface area contributed by atoms with Gasteiger partial charge in [0.05, 0.1) is 0 Å². The predicted octanol–water partition coefficient (Wildman–Crippen LogP) is 5.04. The van der Waals surface area contributed by atoms with Gasteiger partial charge in [-0.1, -0.05) is 69.3 Å². The fraction of sp³-hybridized carbons (Fsp3) is 0.294. The molecule has 0 bridgehead atoms. The van der Waals surface area contributed by atoms with Gasteiger partial charge < -0.3 is 0 Å². The number of benzene rings is 2. The fourth-order valence-corrected chi connectivity index (χ4v) is 2.18. The van der Waals surface area contributed by atoms with Crippen LogP contribution < -0.4 is 0 Å². The largest absolute Gasteiger partial charge is 0.0620 e. The monoisotopic (exact) mass is 224 g/mol. The minimum Gasteiger partial charge on any atom is -0.0620 e. The molecule has 0 amide bonds. The lowest BCUT2D eigenvalue weighted by Crippen LogP contribution is -1.90. The lowest BCUT2D eigenvalue weighted by Gasteiger charge is -2.11. The van der Waals surface area contributed by atoms with Gasteiger partial charge in [0.2, 0.25) is 0 Å². The van der Waals surface area contributed by atoms with E-state index < -0.39 is 0 Å². The Morgan fingerprint density at radius 3 is 2.41 bits per heavy atom. The minimum absolute atomic E-state index is 0.587. The van der Waals surface area contributed by atoms with Crippen molar-refractivity contribution < 1.29 is 0 Å². The average Bonchev–Trinajstić information content (AvgIpc) is 2.39. The molecule has 0 unspecified atom stereocenters. The van der Waals surface area contributed by atoms with Gasteiger partial charge in [-0.3, -0.25) is 0 Å². The molecule has 0 aliphatic rings. The summed E-state index contributed by atoms with van der Waals surface area (Å²) in [5.41, 5.74) is 5.55. The van der Waals surface area contributed by atoms with Crippen LogP contribution in [0.1, 0.15) is 37.8 Å². The van der Waals surface area contributed by atoms with Gasteiger partial charge in [-0.15, -0.1) is 0 Å². The third-order valence-electron chi connectivity index (χ3n) is 3.26. The van der Waals surface area contributed by atoms with E-state index in [0.29, 0.717) is 5.92 Å². The number of hydrogen-bond acceptors (Lipinski definition) is 0. The van der Waals surface area contributed by atoms with E-state index in [-0.39, 0.29) is 0 Å². The van der Waals surface area contributed by atoms with Crippen molar-refractivity contribution in [1.82, 2.24) is 0 Å². The number of aryl methyl sites for hydroxylation is 1. The van der Waals surface area contributed by atoms with E-state index in [9.17, 15) is 0 Å². The Hall–Kier alpha value is -1.56. The van der Waals surface area contributed by atoms with E-state index in [1.54, 1.807) is 0 Å². The van der Waals surface area contributed by atoms with Crippen LogP contribution in [-0.4, -0.2) is 0 Å². The van der Waals surface area contributed by atoms with Crippen molar-refractivity contribution in [2.45, 2.75) is 33.1 Å². The molecule has 17 heavy (non-hydrogen) atoms. The van der Waals surface area contributed by atoms with Crippen LogP contribution >= 0.6 is 0 Å². The van der Waals surface area contributed by atoms with E-state index in [2.05, 4.69) is 69.3 Å². The molecule has 0 saturated heterocycles. The van der Waals surface area contributed by atoms with Gasteiger partial charge in [0.15, 0.2) is 0 Å². The maximum Gasteiger partial charge on any atom is -0.0152 e. The van der Waals surface area contributed by atoms with E-state index in [1.165, 1.54) is 22.3 Å². The van der Waals surface area contributed by atoms with Crippen LogP contribution in [0.4, 0.5) is 0 Å². The van der Waals surface area contributed by atoms with Crippen LogP contribution in [0.5, 0.6) is 0 Å². The van der Waals surface area contributed by atoms with Crippen molar-refractivity contribution in [3.63, 3.8) is 0 Å². The molecular weight excluding hydrogens is 204 g/mol. The average molecular weight is 224 g/mol. The highest BCUT2D eigenvalue weighted by molar-refractivity contribution is 5.68. The lowest BCUT2D eigenvalue weighted by molar-refractivity contribution is 0.867. The molecule has 0 spiro atoms. The summed E-state index contributed by atoms with van der Waals surface area (Å²) in [5, 5.41) is 0. The van der Waals surface area contributed by atoms with Gasteiger partial charge in [0.1, 0.15) is 0 Å². The zero-order valence-electron chi connectivity index (χ0n) is 10.9. The highest BCUT2D eigenvalue weighted by Gasteiger charge is 2.05. The molecule has 88 valence electrons. The van der Waals surface area contributed by atoms with Crippen molar-refractivity contribution in [3.05, 3.63) is 59.7 Å². The van der Waals surface area contributed by atoms with Crippen LogP contribution in [0.15, 0.2) is 48.5 Å². The molecule has 0 heterocycles. The molecule has 2 aromatic carbocycles. The van der Waals surface area contributed by atoms with Gasteiger partial charge in [-0.25, -0.2) is 0 Å². The molecule has 0 atom stereocenters. The molecule has 2 rings (SSSR count). The summed E-state index contributed by atoms with van der Waals surface area (Å²) in [4.78, 5) is 0. The summed E-state index contributed by atoms with van der Waals surface area (Å²) in [6, 6.07) is 17.6. The minimum atomic E-state index is 0.587. The lowest BCUT2D eigenvalue weighted by atomic mass is 9.94. The Bertz CT molecular complexity index is 495. The summed E-state index contributed by atoms with van der Waals surface area (Å²) in [7, 11) is 0. The molecule has 2 aromatic rings. The highest BCUT2D eigenvalue weighted by atomic mass is 14.1. The maximum atomic E-state index is 2.32. The molecular formula is C17H20. The highest BCUT2D eigenvalue weighted by Crippen LogP contribution is 2.27. The smallest absolute Gasteiger partial charge is 0.0152 e. The molecule has 0 N–H and O–H groups in total. The Morgan fingerprint density at radius 2 is 1.71 bits per heavy atom. The van der Waals surface area contributed by atoms with Crippen LogP contribution in [0.3, 0.4) is 0 Å². The van der Waals surface area contributed by atoms with Crippen molar-refractivity contribution in [2.24, 2.45) is 0 Å². The quantitative estimate of drug-likeness (QED) is 0.685. The van der Waals surface area contributed by atoms with Crippen molar-refractivity contribution in [3.8, 4) is 11.1 Å². The first-order valence-corrected chi connectivity index (χ1v) is 6.40. The van der Waals surface area contributed by atoms with Crippen molar-refractivity contribution in [2.75, 3.05) is 0 Å². The molecule has 0 radical (unpaired) electrons. The third-order valence-corrected chi connectivity index (χ3v) is 3.26. The zero-order valence-corrected chi connectivity index (χ0v) is 10.9. The molecule has 0 aliphatic heterocycles. The molecule has 0 aromatic heterocycles. The second-order valence-corrected chi connectivity index (χ2v) is 4.79. The molecule has 0 aliphatic carbocycles. The standard InChI is InChI=1S/C17H20/c1-4-14-8-5-6-11-17(14)16-10-7-9-15(12-16)13(2)3/h5-13H,4H2,1-3H3. The van der Waals surface area contributed by atoms with E-state index in [4.69, 9.17) is 0 Å². The number of hydrogen-bond donors (Lipinski definition) is 0. The predicted molar refractivity (Wildman–Crippen MR) is 75.3 cm³/mol. The van der Waals surface area contributed by atoms with Crippen LogP contribution in [0, 0.1) is 0 Å². The molecule has 0 saturated carbocycles. The van der Waals surface area contributed by atoms with Gasteiger partial charge in [-0.2, -0.15) is 0 Å². The first-order valence-electron chi connectivity index (χ1n) is 6.40. The summed E-state index contributed by atoms with van der Waals surface area (Å²) < 4.78 is 0. The van der Waals surface area contributed by atoms with Gasteiger partial charge in [0.25, 0.3) is 0 Å². The van der Waals surface area contributed by atoms with E-state index >= 15 is 0 Å². The second-order valence-electron chi connectivity index (χ2n) is 4.79. The SMILES string of the molecule is CCc1ccccc1-c1cccc(C(C)C)c1. The first kappa shape index (κ1) is 11.9. The van der Waals surface area contributed by atoms with Gasteiger partial charge >= 0.3 is 0 Å². The Labute approximate surface area is 104 Å². The van der Waals surface area contributed by atoms with E-state index in [0.717, 1.165) is 6.42 Å². The summed E-state index contributed by atoms with van der Waals surface area (Å²) >= 11 is 0. The Balaban J connectivity index is 2.49. The first-order chi connectivity index (χ1) is 8.22. The molecule has 0 fully saturated rings. The van der Waals surface area contributed by atoms with Gasteiger partial charge in [0, 0.05) is 0 Å².